The van der Waals surface area contributed by atoms with Crippen molar-refractivity contribution in [2.45, 2.75) is 19.8 Å². The quantitative estimate of drug-likeness (QED) is 0.487. The van der Waals surface area contributed by atoms with Gasteiger partial charge in [0.25, 0.3) is 10.1 Å². The van der Waals surface area contributed by atoms with E-state index in [-0.39, 0.29) is 29.3 Å². The molecule has 3 nitrogen and oxygen atoms in total. The van der Waals surface area contributed by atoms with Crippen LogP contribution in [-0.4, -0.2) is 37.6 Å². The van der Waals surface area contributed by atoms with Crippen molar-refractivity contribution in [3.8, 4) is 0 Å². The van der Waals surface area contributed by atoms with Crippen molar-refractivity contribution in [1.29, 1.82) is 0 Å². The summed E-state index contributed by atoms with van der Waals surface area (Å²) in [6.07, 6.45) is 1.33. The van der Waals surface area contributed by atoms with Crippen LogP contribution in [0.5, 0.6) is 0 Å². The van der Waals surface area contributed by atoms with Gasteiger partial charge >= 0.3 is 0 Å². The summed E-state index contributed by atoms with van der Waals surface area (Å²) in [5.74, 6) is -0.108. The van der Waals surface area contributed by atoms with E-state index in [9.17, 15) is 8.42 Å². The van der Waals surface area contributed by atoms with Crippen molar-refractivity contribution in [3.05, 3.63) is 0 Å². The average Bonchev–Trinajstić information content (AvgIpc) is 1.59. The second-order valence-electron chi connectivity index (χ2n) is 1.64. The van der Waals surface area contributed by atoms with Crippen LogP contribution < -0.4 is 0 Å². The Morgan fingerprint density at radius 2 is 1.80 bits per heavy atom. The summed E-state index contributed by atoms with van der Waals surface area (Å²) in [6.45, 7) is 1.87. The first kappa shape index (κ1) is 16.8. The molecule has 1 radical (unpaired) electrons. The Kier molecular flexibility index (Phi) is 12.7. The third kappa shape index (κ3) is 15.8. The van der Waals surface area contributed by atoms with Crippen LogP contribution in [0.25, 0.3) is 0 Å². The van der Waals surface area contributed by atoms with Gasteiger partial charge in [0.2, 0.25) is 0 Å². The van der Waals surface area contributed by atoms with Gasteiger partial charge in [0.15, 0.2) is 0 Å². The number of hydrogen-bond acceptors (Lipinski definition) is 2. The van der Waals surface area contributed by atoms with E-state index in [0.29, 0.717) is 6.42 Å². The van der Waals surface area contributed by atoms with Crippen molar-refractivity contribution in [1.82, 2.24) is 0 Å². The molecule has 0 aliphatic rings. The largest absolute Gasteiger partial charge is 0.286 e. The summed E-state index contributed by atoms with van der Waals surface area (Å²) >= 11 is 0. The SMILES string of the molecule is CCCCS(=O)(=O)O.F.[Li]. The molecule has 0 amide bonds. The van der Waals surface area contributed by atoms with E-state index < -0.39 is 10.1 Å². The van der Waals surface area contributed by atoms with E-state index in [0.717, 1.165) is 6.42 Å². The zero-order valence-corrected chi connectivity index (χ0v) is 7.02. The summed E-state index contributed by atoms with van der Waals surface area (Å²) in [5, 5.41) is 0. The minimum atomic E-state index is -3.69. The van der Waals surface area contributed by atoms with E-state index in [2.05, 4.69) is 0 Å². The Bertz CT molecular complexity index is 145. The van der Waals surface area contributed by atoms with Crippen molar-refractivity contribution >= 4 is 29.0 Å². The number of hydrogen-bond donors (Lipinski definition) is 1. The third-order valence-electron chi connectivity index (χ3n) is 0.756. The fourth-order valence-corrected chi connectivity index (χ4v) is 0.980. The fraction of sp³-hybridized carbons (Fsp3) is 1.00. The predicted octanol–water partition coefficient (Wildman–Crippen LogP) is 0.446. The van der Waals surface area contributed by atoms with E-state index >= 15 is 0 Å². The molecule has 6 heteroatoms. The Morgan fingerprint density at radius 1 is 1.40 bits per heavy atom. The summed E-state index contributed by atoms with van der Waals surface area (Å²) in [5.41, 5.74) is 0. The van der Waals surface area contributed by atoms with Crippen LogP contribution >= 0.6 is 0 Å². The van der Waals surface area contributed by atoms with Crippen LogP contribution in [0.2, 0.25) is 0 Å². The second kappa shape index (κ2) is 7.54. The van der Waals surface area contributed by atoms with Gasteiger partial charge < -0.3 is 0 Å². The molecule has 0 heterocycles. The van der Waals surface area contributed by atoms with Gasteiger partial charge in [-0.2, -0.15) is 8.42 Å². The van der Waals surface area contributed by atoms with Crippen LogP contribution in [0.15, 0.2) is 0 Å². The molecule has 0 saturated carbocycles. The van der Waals surface area contributed by atoms with Gasteiger partial charge in [-0.3, -0.25) is 9.26 Å². The van der Waals surface area contributed by atoms with Crippen LogP contribution in [0.4, 0.5) is 4.70 Å². The molecule has 0 unspecified atom stereocenters. The topological polar surface area (TPSA) is 54.4 Å². The maximum atomic E-state index is 9.95. The predicted molar refractivity (Wildman–Crippen MR) is 39.6 cm³/mol. The van der Waals surface area contributed by atoms with Gasteiger partial charge in [0.05, 0.1) is 5.75 Å². The average molecular weight is 165 g/mol. The molecule has 0 spiro atoms. The summed E-state index contributed by atoms with van der Waals surface area (Å²) < 4.78 is 28.0. The molecule has 0 rings (SSSR count). The van der Waals surface area contributed by atoms with Crippen molar-refractivity contribution < 1.29 is 17.7 Å². The van der Waals surface area contributed by atoms with E-state index in [4.69, 9.17) is 4.55 Å². The number of rotatable bonds is 3. The maximum Gasteiger partial charge on any atom is 0.264 e. The van der Waals surface area contributed by atoms with Gasteiger partial charge in [-0.25, -0.2) is 0 Å². The molecule has 0 aromatic carbocycles. The van der Waals surface area contributed by atoms with Crippen LogP contribution in [0, 0.1) is 0 Å². The standard InChI is InChI=1S/C4H10O3S.FH.Li/c1-2-3-4-8(5,6)7;;/h2-4H2,1H3,(H,5,6,7);1H;. The Balaban J connectivity index is -0.000000245. The van der Waals surface area contributed by atoms with Gasteiger partial charge in [0, 0.05) is 18.9 Å². The van der Waals surface area contributed by atoms with E-state index in [1.54, 1.807) is 0 Å². The molecule has 0 saturated heterocycles. The van der Waals surface area contributed by atoms with Gasteiger partial charge in [-0.1, -0.05) is 13.3 Å². The van der Waals surface area contributed by atoms with Crippen LogP contribution in [0.3, 0.4) is 0 Å². The number of halogens is 1. The van der Waals surface area contributed by atoms with E-state index in [1.807, 2.05) is 6.92 Å². The minimum absolute atomic E-state index is 0. The maximum absolute atomic E-state index is 9.95. The van der Waals surface area contributed by atoms with Crippen molar-refractivity contribution in [3.63, 3.8) is 0 Å². The molecule has 0 aliphatic carbocycles. The first-order chi connectivity index (χ1) is 3.56. The molecule has 0 fully saturated rings. The van der Waals surface area contributed by atoms with Crippen LogP contribution in [0.1, 0.15) is 19.8 Å². The summed E-state index contributed by atoms with van der Waals surface area (Å²) in [4.78, 5) is 0. The molecule has 59 valence electrons. The van der Waals surface area contributed by atoms with E-state index in [1.165, 1.54) is 0 Å². The molecule has 0 atom stereocenters. The Morgan fingerprint density at radius 3 is 1.90 bits per heavy atom. The molecule has 0 bridgehead atoms. The smallest absolute Gasteiger partial charge is 0.264 e. The minimum Gasteiger partial charge on any atom is -0.286 e. The van der Waals surface area contributed by atoms with Crippen molar-refractivity contribution in [2.75, 3.05) is 5.75 Å². The first-order valence-corrected chi connectivity index (χ1v) is 4.12. The third-order valence-corrected chi connectivity index (χ3v) is 1.56. The normalized spacial score (nSPS) is 9.40. The Labute approximate surface area is 72.5 Å². The molecule has 1 N–H and O–H groups in total. The molecular weight excluding hydrogens is 154 g/mol. The van der Waals surface area contributed by atoms with Gasteiger partial charge in [-0.05, 0) is 6.42 Å². The molecule has 0 aliphatic heterocycles. The summed E-state index contributed by atoms with van der Waals surface area (Å²) in [6, 6.07) is 0. The zero-order chi connectivity index (χ0) is 6.62. The molecule has 10 heavy (non-hydrogen) atoms. The molecule has 0 aromatic heterocycles. The second-order valence-corrected chi connectivity index (χ2v) is 3.21. The molecular formula is C4H11FLiO3S. The number of unbranched alkanes of at least 4 members (excludes halogenated alkanes) is 1. The fourth-order valence-electron chi connectivity index (χ4n) is 0.327. The first-order valence-electron chi connectivity index (χ1n) is 2.51. The van der Waals surface area contributed by atoms with Gasteiger partial charge in [-0.15, -0.1) is 0 Å². The van der Waals surface area contributed by atoms with Crippen molar-refractivity contribution in [2.24, 2.45) is 0 Å². The monoisotopic (exact) mass is 165 g/mol. The van der Waals surface area contributed by atoms with Gasteiger partial charge in [0.1, 0.15) is 0 Å². The Hall–Kier alpha value is 0.437. The molecule has 0 aromatic rings. The van der Waals surface area contributed by atoms with Crippen LogP contribution in [-0.2, 0) is 10.1 Å². The summed E-state index contributed by atoms with van der Waals surface area (Å²) in [7, 11) is -3.69. The zero-order valence-electron chi connectivity index (χ0n) is 6.20.